The zero-order chi connectivity index (χ0) is 51.3. The van der Waals surface area contributed by atoms with Crippen molar-refractivity contribution in [3.05, 3.63) is 231 Å². The molecule has 9 aromatic carbocycles. The van der Waals surface area contributed by atoms with Crippen LogP contribution in [0.1, 0.15) is 61.5 Å². The van der Waals surface area contributed by atoms with Crippen LogP contribution in [0.5, 0.6) is 0 Å². The Morgan fingerprint density at radius 1 is 0.324 bits per heavy atom. The third-order valence-electron chi connectivity index (χ3n) is 15.4. The van der Waals surface area contributed by atoms with Gasteiger partial charge in [0.1, 0.15) is 0 Å². The van der Waals surface area contributed by atoms with E-state index >= 15 is 0 Å². The van der Waals surface area contributed by atoms with Gasteiger partial charge in [-0.25, -0.2) is 0 Å². The van der Waals surface area contributed by atoms with Gasteiger partial charge < -0.3 is 9.13 Å². The zero-order valence-electron chi connectivity index (χ0n) is 44.0. The van der Waals surface area contributed by atoms with Crippen LogP contribution in [0.3, 0.4) is 0 Å². The lowest BCUT2D eigenvalue weighted by Crippen LogP contribution is -2.06. The first kappa shape index (κ1) is 46.3. The van der Waals surface area contributed by atoms with E-state index in [1.165, 1.54) is 66.8 Å². The fourth-order valence-corrected chi connectivity index (χ4v) is 12.1. The summed E-state index contributed by atoms with van der Waals surface area (Å²) in [6.45, 7) is 21.6. The number of aromatic nitrogens is 3. The van der Waals surface area contributed by atoms with Gasteiger partial charge in [-0.2, -0.15) is 5.26 Å². The molecule has 0 aliphatic rings. The molecule has 0 N–H and O–H groups in total. The average molecular weight is 955 g/mol. The maximum absolute atomic E-state index is 11.4. The standard InChI is InChI=1S/C70H58N4/c1-40-11-19-56(44(5)27-40)51-15-23-60-61-24-16-52(57-20-12-41(2)28-45(57)6)36-65(61)73(64(60)35-51)68-33-50(39-71)34-69(70(68)55-31-48(9)72-49(10)32-55)74-66-37-53(58-21-13-42(3)29-46(58)7)17-25-62(66)63-26-18-54(38-67(63)74)59-22-14-43(4)30-47(59)8/h11-38H,1-10H3. The Labute approximate surface area is 434 Å². The fourth-order valence-electron chi connectivity index (χ4n) is 12.1. The zero-order valence-corrected chi connectivity index (χ0v) is 44.0. The van der Waals surface area contributed by atoms with Crippen LogP contribution in [0.2, 0.25) is 0 Å². The molecular weight excluding hydrogens is 897 g/mol. The minimum absolute atomic E-state index is 0.568. The van der Waals surface area contributed by atoms with Crippen LogP contribution in [0.15, 0.2) is 170 Å². The first-order valence-electron chi connectivity index (χ1n) is 25.7. The minimum Gasteiger partial charge on any atom is -0.308 e. The molecule has 0 unspecified atom stereocenters. The summed E-state index contributed by atoms with van der Waals surface area (Å²) >= 11 is 0. The average Bonchev–Trinajstić information content (AvgIpc) is 3.88. The van der Waals surface area contributed by atoms with Crippen LogP contribution >= 0.6 is 0 Å². The number of rotatable bonds is 7. The number of fused-ring (bicyclic) bond motifs is 6. The van der Waals surface area contributed by atoms with Gasteiger partial charge in [0.2, 0.25) is 0 Å². The Morgan fingerprint density at radius 2 is 0.622 bits per heavy atom. The molecular formula is C70H58N4. The number of hydrogen-bond acceptors (Lipinski definition) is 2. The highest BCUT2D eigenvalue weighted by Gasteiger charge is 2.26. The Kier molecular flexibility index (Phi) is 11.1. The Bertz CT molecular complexity index is 3890. The van der Waals surface area contributed by atoms with Crippen molar-refractivity contribution in [3.63, 3.8) is 0 Å². The molecule has 3 heterocycles. The molecule has 0 radical (unpaired) electrons. The van der Waals surface area contributed by atoms with Crippen molar-refractivity contribution in [2.75, 3.05) is 0 Å². The molecule has 0 atom stereocenters. The van der Waals surface area contributed by atoms with Crippen LogP contribution in [-0.4, -0.2) is 14.1 Å². The van der Waals surface area contributed by atoms with Crippen molar-refractivity contribution < 1.29 is 0 Å². The molecule has 4 heteroatoms. The minimum atomic E-state index is 0.568. The monoisotopic (exact) mass is 954 g/mol. The third kappa shape index (κ3) is 7.79. The Morgan fingerprint density at radius 3 is 0.892 bits per heavy atom. The molecule has 74 heavy (non-hydrogen) atoms. The number of nitrogens with zero attached hydrogens (tertiary/aromatic N) is 4. The molecule has 358 valence electrons. The lowest BCUT2D eigenvalue weighted by Gasteiger charge is -2.22. The van der Waals surface area contributed by atoms with Crippen molar-refractivity contribution in [1.82, 2.24) is 14.1 Å². The van der Waals surface area contributed by atoms with Crippen LogP contribution in [-0.2, 0) is 0 Å². The second kappa shape index (κ2) is 17.8. The number of benzene rings is 9. The Hall–Kier alpha value is -8.78. The van der Waals surface area contributed by atoms with Gasteiger partial charge in [0.25, 0.3) is 0 Å². The van der Waals surface area contributed by atoms with Crippen LogP contribution in [0, 0.1) is 80.6 Å². The van der Waals surface area contributed by atoms with E-state index in [1.807, 2.05) is 0 Å². The smallest absolute Gasteiger partial charge is 0.0993 e. The largest absolute Gasteiger partial charge is 0.308 e. The van der Waals surface area contributed by atoms with E-state index in [9.17, 15) is 5.26 Å². The van der Waals surface area contributed by atoms with Crippen LogP contribution in [0.25, 0.3) is 111 Å². The Balaban J connectivity index is 1.26. The topological polar surface area (TPSA) is 46.5 Å². The summed E-state index contributed by atoms with van der Waals surface area (Å²) in [6, 6.07) is 66.0. The lowest BCUT2D eigenvalue weighted by atomic mass is 9.96. The van der Waals surface area contributed by atoms with E-state index in [-0.39, 0.29) is 0 Å². The number of nitriles is 1. The molecule has 0 amide bonds. The number of pyridine rings is 1. The summed E-state index contributed by atoms with van der Waals surface area (Å²) < 4.78 is 4.90. The SMILES string of the molecule is Cc1ccc(-c2ccc3c4ccc(-c5ccc(C)cc5C)cc4n(-c4cc(C#N)cc(-n5c6cc(-c7ccc(C)cc7C)ccc6c6ccc(-c7ccc(C)cc7C)cc65)c4-c4cc(C)nc(C)c4)c3c2)c(C)c1. The highest BCUT2D eigenvalue weighted by molar-refractivity contribution is 6.14. The van der Waals surface area contributed by atoms with Crippen molar-refractivity contribution in [1.29, 1.82) is 5.26 Å². The molecule has 12 aromatic rings. The second-order valence-electron chi connectivity index (χ2n) is 21.0. The van der Waals surface area contributed by atoms with Crippen molar-refractivity contribution >= 4 is 43.6 Å². The van der Waals surface area contributed by atoms with Crippen LogP contribution < -0.4 is 0 Å². The van der Waals surface area contributed by atoms with Crippen molar-refractivity contribution in [2.45, 2.75) is 69.2 Å². The van der Waals surface area contributed by atoms with Gasteiger partial charge in [0, 0.05) is 38.5 Å². The first-order chi connectivity index (χ1) is 35.7. The van der Waals surface area contributed by atoms with Gasteiger partial charge in [-0.1, -0.05) is 144 Å². The van der Waals surface area contributed by atoms with Gasteiger partial charge in [-0.15, -0.1) is 0 Å². The van der Waals surface area contributed by atoms with E-state index < -0.39 is 0 Å². The van der Waals surface area contributed by atoms with Gasteiger partial charge >= 0.3 is 0 Å². The predicted molar refractivity (Wildman–Crippen MR) is 312 cm³/mol. The second-order valence-corrected chi connectivity index (χ2v) is 21.0. The van der Waals surface area contributed by atoms with E-state index in [0.717, 1.165) is 99.8 Å². The summed E-state index contributed by atoms with van der Waals surface area (Å²) in [7, 11) is 0. The summed E-state index contributed by atoms with van der Waals surface area (Å²) in [5.74, 6) is 0. The first-order valence-corrected chi connectivity index (χ1v) is 25.7. The van der Waals surface area contributed by atoms with Gasteiger partial charge in [-0.05, 0) is 190 Å². The fraction of sp³-hybridized carbons (Fsp3) is 0.143. The quantitative estimate of drug-likeness (QED) is 0.160. The molecule has 0 saturated carbocycles. The molecule has 12 rings (SSSR count). The van der Waals surface area contributed by atoms with Crippen molar-refractivity contribution in [3.8, 4) is 73.1 Å². The molecule has 4 nitrogen and oxygen atoms in total. The van der Waals surface area contributed by atoms with Crippen molar-refractivity contribution in [2.24, 2.45) is 0 Å². The number of hydrogen-bond donors (Lipinski definition) is 0. The molecule has 0 bridgehead atoms. The molecule has 0 aliphatic heterocycles. The summed E-state index contributed by atoms with van der Waals surface area (Å²) in [5, 5.41) is 16.0. The normalized spacial score (nSPS) is 11.6. The predicted octanol–water partition coefficient (Wildman–Crippen LogP) is 18.6. The van der Waals surface area contributed by atoms with Gasteiger partial charge in [0.15, 0.2) is 0 Å². The van der Waals surface area contributed by atoms with Gasteiger partial charge in [-0.3, -0.25) is 4.98 Å². The molecule has 0 spiro atoms. The maximum atomic E-state index is 11.4. The molecule has 0 aliphatic carbocycles. The molecule has 3 aromatic heterocycles. The maximum Gasteiger partial charge on any atom is 0.0993 e. The molecule has 0 saturated heterocycles. The summed E-state index contributed by atoms with van der Waals surface area (Å²) in [4.78, 5) is 4.95. The third-order valence-corrected chi connectivity index (χ3v) is 15.4. The van der Waals surface area contributed by atoms with E-state index in [4.69, 9.17) is 4.98 Å². The van der Waals surface area contributed by atoms with E-state index in [1.54, 1.807) is 0 Å². The van der Waals surface area contributed by atoms with Gasteiger partial charge in [0.05, 0.1) is 45.1 Å². The summed E-state index contributed by atoms with van der Waals surface area (Å²) in [6.07, 6.45) is 0. The van der Waals surface area contributed by atoms with E-state index in [2.05, 4.69) is 254 Å². The molecule has 0 fully saturated rings. The highest BCUT2D eigenvalue weighted by atomic mass is 15.0. The lowest BCUT2D eigenvalue weighted by molar-refractivity contribution is 1.11. The van der Waals surface area contributed by atoms with Crippen LogP contribution in [0.4, 0.5) is 0 Å². The number of aryl methyl sites for hydroxylation is 10. The highest BCUT2D eigenvalue weighted by Crippen LogP contribution is 2.46. The van der Waals surface area contributed by atoms with E-state index in [0.29, 0.717) is 5.56 Å². The summed E-state index contributed by atoms with van der Waals surface area (Å²) in [5.41, 5.74) is 29.8.